The first-order valence-corrected chi connectivity index (χ1v) is 8.53. The number of aryl methyl sites for hydroxylation is 1. The van der Waals surface area contributed by atoms with E-state index in [-0.39, 0.29) is 12.0 Å². The second-order valence-corrected chi connectivity index (χ2v) is 7.48. The Labute approximate surface area is 124 Å². The zero-order valence-corrected chi connectivity index (χ0v) is 12.9. The normalized spacial score (nSPS) is 29.0. The van der Waals surface area contributed by atoms with Crippen molar-refractivity contribution in [3.8, 4) is 0 Å². The van der Waals surface area contributed by atoms with Gasteiger partial charge < -0.3 is 14.9 Å². The summed E-state index contributed by atoms with van der Waals surface area (Å²) >= 11 is 0. The van der Waals surface area contributed by atoms with E-state index in [9.17, 15) is 8.42 Å². The summed E-state index contributed by atoms with van der Waals surface area (Å²) in [4.78, 5) is 0. The number of rotatable bonds is 3. The molecule has 2 saturated heterocycles. The maximum atomic E-state index is 12.6. The first-order chi connectivity index (χ1) is 9.98. The predicted molar refractivity (Wildman–Crippen MR) is 77.0 cm³/mol. The van der Waals surface area contributed by atoms with Crippen LogP contribution in [0.1, 0.15) is 17.4 Å². The first kappa shape index (κ1) is 15.0. The van der Waals surface area contributed by atoms with E-state index in [1.165, 1.54) is 8.61 Å². The smallest absolute Gasteiger partial charge is 0.282 e. The van der Waals surface area contributed by atoms with Gasteiger partial charge in [0.1, 0.15) is 11.5 Å². The molecule has 0 radical (unpaired) electrons. The van der Waals surface area contributed by atoms with Gasteiger partial charge in [0, 0.05) is 38.1 Å². The van der Waals surface area contributed by atoms with Gasteiger partial charge in [0.15, 0.2) is 0 Å². The van der Waals surface area contributed by atoms with Crippen molar-refractivity contribution in [2.45, 2.75) is 18.9 Å². The van der Waals surface area contributed by atoms with Crippen LogP contribution in [0, 0.1) is 6.92 Å². The van der Waals surface area contributed by atoms with E-state index < -0.39 is 10.2 Å². The molecule has 7 nitrogen and oxygen atoms in total. The maximum absolute atomic E-state index is 12.6. The fourth-order valence-electron chi connectivity index (χ4n) is 2.87. The quantitative estimate of drug-likeness (QED) is 0.841. The van der Waals surface area contributed by atoms with Crippen LogP contribution in [0.25, 0.3) is 0 Å². The molecule has 0 aromatic carbocycles. The zero-order chi connectivity index (χ0) is 15.0. The van der Waals surface area contributed by atoms with Crippen molar-refractivity contribution in [3.63, 3.8) is 0 Å². The highest BCUT2D eigenvalue weighted by molar-refractivity contribution is 7.86. The van der Waals surface area contributed by atoms with Crippen LogP contribution < -0.4 is 5.73 Å². The molecule has 3 heterocycles. The molecular formula is C13H21N3O4S. The molecule has 0 spiro atoms. The second-order valence-electron chi connectivity index (χ2n) is 5.55. The minimum Gasteiger partial charge on any atom is -0.466 e. The van der Waals surface area contributed by atoms with Crippen LogP contribution in [-0.2, 0) is 14.9 Å². The largest absolute Gasteiger partial charge is 0.466 e. The summed E-state index contributed by atoms with van der Waals surface area (Å²) in [6.07, 6.45) is 0. The first-order valence-electron chi connectivity index (χ1n) is 7.13. The SMILES string of the molecule is Cc1ccc([C@H]2CN(S(=O)(=O)N3CCOCC3)C[C@@H]2N)o1. The molecule has 0 saturated carbocycles. The minimum atomic E-state index is -3.46. The molecule has 1 aromatic heterocycles. The lowest BCUT2D eigenvalue weighted by Gasteiger charge is -2.30. The van der Waals surface area contributed by atoms with E-state index in [0.717, 1.165) is 11.5 Å². The Morgan fingerprint density at radius 2 is 1.90 bits per heavy atom. The standard InChI is InChI=1S/C13H21N3O4S/c1-10-2-3-13(20-10)11-8-16(9-12(11)14)21(17,18)15-4-6-19-7-5-15/h2-3,11-12H,4-9,14H2,1H3/t11-,12-/m0/s1. The predicted octanol–water partition coefficient (Wildman–Crippen LogP) is -0.108. The molecule has 2 atom stereocenters. The van der Waals surface area contributed by atoms with Crippen LogP contribution in [0.15, 0.2) is 16.5 Å². The van der Waals surface area contributed by atoms with Crippen molar-refractivity contribution in [2.24, 2.45) is 5.73 Å². The molecule has 1 aromatic rings. The summed E-state index contributed by atoms with van der Waals surface area (Å²) in [5.41, 5.74) is 6.13. The van der Waals surface area contributed by atoms with Gasteiger partial charge in [-0.25, -0.2) is 0 Å². The Bertz CT molecular complexity index is 594. The van der Waals surface area contributed by atoms with Crippen LogP contribution in [0.2, 0.25) is 0 Å². The van der Waals surface area contributed by atoms with Crippen molar-refractivity contribution >= 4 is 10.2 Å². The second kappa shape index (κ2) is 5.69. The van der Waals surface area contributed by atoms with Gasteiger partial charge in [-0.3, -0.25) is 0 Å². The highest BCUT2D eigenvalue weighted by atomic mass is 32.2. The highest BCUT2D eigenvalue weighted by Gasteiger charge is 2.41. The number of furan rings is 1. The van der Waals surface area contributed by atoms with Gasteiger partial charge >= 0.3 is 0 Å². The van der Waals surface area contributed by atoms with Gasteiger partial charge in [-0.15, -0.1) is 0 Å². The minimum absolute atomic E-state index is 0.0884. The van der Waals surface area contributed by atoms with Crippen LogP contribution in [0.3, 0.4) is 0 Å². The van der Waals surface area contributed by atoms with E-state index in [2.05, 4.69) is 0 Å². The summed E-state index contributed by atoms with van der Waals surface area (Å²) in [5, 5.41) is 0. The molecular weight excluding hydrogens is 294 g/mol. The van der Waals surface area contributed by atoms with Crippen molar-refractivity contribution < 1.29 is 17.6 Å². The van der Waals surface area contributed by atoms with Crippen molar-refractivity contribution in [1.82, 2.24) is 8.61 Å². The van der Waals surface area contributed by atoms with E-state index >= 15 is 0 Å². The lowest BCUT2D eigenvalue weighted by molar-refractivity contribution is 0.0705. The molecule has 21 heavy (non-hydrogen) atoms. The molecule has 0 bridgehead atoms. The molecule has 2 fully saturated rings. The molecule has 2 aliphatic rings. The van der Waals surface area contributed by atoms with Crippen LogP contribution in [0.4, 0.5) is 0 Å². The Morgan fingerprint density at radius 1 is 1.19 bits per heavy atom. The van der Waals surface area contributed by atoms with Crippen LogP contribution in [-0.4, -0.2) is 62.5 Å². The van der Waals surface area contributed by atoms with Crippen LogP contribution in [0.5, 0.6) is 0 Å². The van der Waals surface area contributed by atoms with E-state index in [1.807, 2.05) is 19.1 Å². The molecule has 2 aliphatic heterocycles. The molecule has 0 unspecified atom stereocenters. The molecule has 0 aliphatic carbocycles. The highest BCUT2D eigenvalue weighted by Crippen LogP contribution is 2.30. The van der Waals surface area contributed by atoms with Gasteiger partial charge in [-0.1, -0.05) is 0 Å². The van der Waals surface area contributed by atoms with E-state index in [4.69, 9.17) is 14.9 Å². The zero-order valence-electron chi connectivity index (χ0n) is 12.1. The molecule has 2 N–H and O–H groups in total. The number of nitrogens with two attached hydrogens (primary N) is 1. The Kier molecular flexibility index (Phi) is 4.06. The maximum Gasteiger partial charge on any atom is 0.282 e. The average molecular weight is 315 g/mol. The fourth-order valence-corrected chi connectivity index (χ4v) is 4.52. The summed E-state index contributed by atoms with van der Waals surface area (Å²) in [7, 11) is -3.46. The van der Waals surface area contributed by atoms with Crippen molar-refractivity contribution in [1.29, 1.82) is 0 Å². The van der Waals surface area contributed by atoms with Gasteiger partial charge in [-0.2, -0.15) is 17.0 Å². The average Bonchev–Trinajstić information content (AvgIpc) is 3.06. The Hall–Kier alpha value is -0.930. The molecule has 8 heteroatoms. The Morgan fingerprint density at radius 3 is 2.52 bits per heavy atom. The number of ether oxygens (including phenoxy) is 1. The van der Waals surface area contributed by atoms with E-state index in [0.29, 0.717) is 39.4 Å². The number of hydrogen-bond donors (Lipinski definition) is 1. The van der Waals surface area contributed by atoms with Gasteiger partial charge in [-0.05, 0) is 19.1 Å². The topological polar surface area (TPSA) is 89.0 Å². The fraction of sp³-hybridized carbons (Fsp3) is 0.692. The van der Waals surface area contributed by atoms with Gasteiger partial charge in [0.25, 0.3) is 10.2 Å². The third kappa shape index (κ3) is 2.86. The van der Waals surface area contributed by atoms with Crippen LogP contribution >= 0.6 is 0 Å². The van der Waals surface area contributed by atoms with Gasteiger partial charge in [0.05, 0.1) is 13.2 Å². The third-order valence-electron chi connectivity index (χ3n) is 4.08. The lowest BCUT2D eigenvalue weighted by atomic mass is 10.0. The van der Waals surface area contributed by atoms with E-state index in [1.54, 1.807) is 0 Å². The third-order valence-corrected chi connectivity index (χ3v) is 6.05. The molecule has 0 amide bonds. The van der Waals surface area contributed by atoms with Crippen molar-refractivity contribution in [3.05, 3.63) is 23.7 Å². The lowest BCUT2D eigenvalue weighted by Crippen LogP contribution is -2.48. The Balaban J connectivity index is 1.75. The summed E-state index contributed by atoms with van der Waals surface area (Å²) in [6, 6.07) is 3.51. The number of hydrogen-bond acceptors (Lipinski definition) is 5. The number of nitrogens with zero attached hydrogens (tertiary/aromatic N) is 2. The summed E-state index contributed by atoms with van der Waals surface area (Å²) < 4.78 is 39.0. The van der Waals surface area contributed by atoms with Crippen molar-refractivity contribution in [2.75, 3.05) is 39.4 Å². The molecule has 3 rings (SSSR count). The summed E-state index contributed by atoms with van der Waals surface area (Å²) in [5.74, 6) is 1.49. The summed E-state index contributed by atoms with van der Waals surface area (Å²) in [6.45, 7) is 4.25. The monoisotopic (exact) mass is 315 g/mol. The number of morpholine rings is 1. The van der Waals surface area contributed by atoms with Gasteiger partial charge in [0.2, 0.25) is 0 Å². The molecule has 118 valence electrons.